The van der Waals surface area contributed by atoms with Gasteiger partial charge in [-0.05, 0) is 35.4 Å². The molecule has 0 aliphatic heterocycles. The largest absolute Gasteiger partial charge is 0.457 e. The number of hydrogen-bond donors (Lipinski definition) is 1. The van der Waals surface area contributed by atoms with Gasteiger partial charge in [-0.15, -0.1) is 0 Å². The summed E-state index contributed by atoms with van der Waals surface area (Å²) in [5.41, 5.74) is 7.15. The van der Waals surface area contributed by atoms with Crippen LogP contribution in [0.5, 0.6) is 0 Å². The molecule has 0 aliphatic rings. The Morgan fingerprint density at radius 3 is 2.40 bits per heavy atom. The van der Waals surface area contributed by atoms with Gasteiger partial charge in [0.2, 0.25) is 0 Å². The quantitative estimate of drug-likeness (QED) is 0.534. The highest BCUT2D eigenvalue weighted by atomic mass is 35.5. The second kappa shape index (κ2) is 6.21. The van der Waals surface area contributed by atoms with E-state index in [0.717, 1.165) is 5.56 Å². The number of esters is 1. The van der Waals surface area contributed by atoms with Crippen LogP contribution < -0.4 is 5.73 Å². The van der Waals surface area contributed by atoms with Gasteiger partial charge >= 0.3 is 5.97 Å². The number of carbonyl (C=O) groups is 2. The van der Waals surface area contributed by atoms with Crippen molar-refractivity contribution in [3.05, 3.63) is 65.2 Å². The van der Waals surface area contributed by atoms with E-state index in [2.05, 4.69) is 0 Å². The summed E-state index contributed by atoms with van der Waals surface area (Å²) in [4.78, 5) is 22.9. The van der Waals surface area contributed by atoms with Crippen molar-refractivity contribution in [2.24, 2.45) is 0 Å². The lowest BCUT2D eigenvalue weighted by Gasteiger charge is -2.07. The first-order chi connectivity index (χ1) is 9.58. The summed E-state index contributed by atoms with van der Waals surface area (Å²) < 4.78 is 5.16. The first-order valence-corrected chi connectivity index (χ1v) is 6.26. The van der Waals surface area contributed by atoms with Crippen LogP contribution in [0.3, 0.4) is 0 Å². The van der Waals surface area contributed by atoms with E-state index in [-0.39, 0.29) is 23.4 Å². The highest BCUT2D eigenvalue weighted by molar-refractivity contribution is 6.68. The Bertz CT molecular complexity index is 641. The normalized spacial score (nSPS) is 10.1. The Kier molecular flexibility index (Phi) is 4.38. The van der Waals surface area contributed by atoms with Gasteiger partial charge in [0, 0.05) is 5.69 Å². The molecule has 20 heavy (non-hydrogen) atoms. The number of hydrogen-bond acceptors (Lipinski definition) is 4. The average molecular weight is 290 g/mol. The van der Waals surface area contributed by atoms with E-state index in [0.29, 0.717) is 0 Å². The molecule has 0 unspecified atom stereocenters. The highest BCUT2D eigenvalue weighted by Crippen LogP contribution is 2.17. The SMILES string of the molecule is Nc1cc(C(=O)OCc2ccccc2)ccc1C(=O)Cl. The van der Waals surface area contributed by atoms with Crippen molar-refractivity contribution in [3.8, 4) is 0 Å². The van der Waals surface area contributed by atoms with Crippen molar-refractivity contribution in [2.75, 3.05) is 5.73 Å². The maximum Gasteiger partial charge on any atom is 0.338 e. The van der Waals surface area contributed by atoms with Crippen molar-refractivity contribution in [2.45, 2.75) is 6.61 Å². The molecule has 0 atom stereocenters. The fourth-order valence-corrected chi connectivity index (χ4v) is 1.85. The van der Waals surface area contributed by atoms with E-state index in [4.69, 9.17) is 22.1 Å². The lowest BCUT2D eigenvalue weighted by molar-refractivity contribution is 0.0472. The van der Waals surface area contributed by atoms with Gasteiger partial charge in [0.15, 0.2) is 0 Å². The smallest absolute Gasteiger partial charge is 0.338 e. The average Bonchev–Trinajstić information content (AvgIpc) is 2.45. The molecule has 0 spiro atoms. The van der Waals surface area contributed by atoms with Crippen molar-refractivity contribution < 1.29 is 14.3 Å². The summed E-state index contributed by atoms with van der Waals surface area (Å²) in [6.07, 6.45) is 0. The van der Waals surface area contributed by atoms with E-state index in [1.807, 2.05) is 30.3 Å². The third-order valence-corrected chi connectivity index (χ3v) is 2.92. The molecular weight excluding hydrogens is 278 g/mol. The van der Waals surface area contributed by atoms with E-state index < -0.39 is 11.2 Å². The summed E-state index contributed by atoms with van der Waals surface area (Å²) in [5.74, 6) is -0.505. The number of benzene rings is 2. The zero-order chi connectivity index (χ0) is 14.5. The van der Waals surface area contributed by atoms with Crippen LogP contribution in [0.25, 0.3) is 0 Å². The lowest BCUT2D eigenvalue weighted by atomic mass is 10.1. The Hall–Kier alpha value is -2.33. The van der Waals surface area contributed by atoms with Crippen molar-refractivity contribution >= 4 is 28.5 Å². The van der Waals surface area contributed by atoms with E-state index in [1.165, 1.54) is 18.2 Å². The lowest BCUT2D eigenvalue weighted by Crippen LogP contribution is -2.07. The monoisotopic (exact) mass is 289 g/mol. The van der Waals surface area contributed by atoms with E-state index in [9.17, 15) is 9.59 Å². The summed E-state index contributed by atoms with van der Waals surface area (Å²) >= 11 is 5.35. The first-order valence-electron chi connectivity index (χ1n) is 5.88. The van der Waals surface area contributed by atoms with Gasteiger partial charge in [-0.25, -0.2) is 4.79 Å². The van der Waals surface area contributed by atoms with Gasteiger partial charge in [0.25, 0.3) is 5.24 Å². The van der Waals surface area contributed by atoms with Gasteiger partial charge in [-0.2, -0.15) is 0 Å². The van der Waals surface area contributed by atoms with Crippen LogP contribution in [-0.4, -0.2) is 11.2 Å². The predicted molar refractivity (Wildman–Crippen MR) is 76.6 cm³/mol. The molecule has 0 amide bonds. The number of rotatable bonds is 4. The number of carbonyl (C=O) groups excluding carboxylic acids is 2. The molecule has 0 bridgehead atoms. The third-order valence-electron chi connectivity index (χ3n) is 2.71. The second-order valence-electron chi connectivity index (χ2n) is 4.14. The van der Waals surface area contributed by atoms with Crippen LogP contribution in [0.15, 0.2) is 48.5 Å². The van der Waals surface area contributed by atoms with Gasteiger partial charge in [-0.1, -0.05) is 30.3 Å². The van der Waals surface area contributed by atoms with Gasteiger partial charge in [0.1, 0.15) is 6.61 Å². The van der Waals surface area contributed by atoms with Crippen LogP contribution in [0.2, 0.25) is 0 Å². The first kappa shape index (κ1) is 14.1. The number of anilines is 1. The number of ether oxygens (including phenoxy) is 1. The van der Waals surface area contributed by atoms with Crippen molar-refractivity contribution in [1.29, 1.82) is 0 Å². The molecule has 4 nitrogen and oxygen atoms in total. The summed E-state index contributed by atoms with van der Waals surface area (Å²) in [6, 6.07) is 13.6. The Balaban J connectivity index is 2.06. The van der Waals surface area contributed by atoms with Gasteiger partial charge in [-0.3, -0.25) is 4.79 Å². The topological polar surface area (TPSA) is 69.4 Å². The zero-order valence-electron chi connectivity index (χ0n) is 10.5. The maximum atomic E-state index is 11.9. The highest BCUT2D eigenvalue weighted by Gasteiger charge is 2.12. The standard InChI is InChI=1S/C15H12ClNO3/c16-14(18)12-7-6-11(8-13(12)17)15(19)20-9-10-4-2-1-3-5-10/h1-8H,9,17H2. The molecule has 5 heteroatoms. The van der Waals surface area contributed by atoms with Crippen molar-refractivity contribution in [3.63, 3.8) is 0 Å². The molecule has 0 radical (unpaired) electrons. The maximum absolute atomic E-state index is 11.9. The second-order valence-corrected chi connectivity index (χ2v) is 4.48. The fraction of sp³-hybridized carbons (Fsp3) is 0.0667. The van der Waals surface area contributed by atoms with Crippen LogP contribution in [0.4, 0.5) is 5.69 Å². The molecule has 2 rings (SSSR count). The summed E-state index contributed by atoms with van der Waals surface area (Å²) in [5, 5.41) is -0.660. The van der Waals surface area contributed by atoms with Crippen LogP contribution >= 0.6 is 11.6 Å². The van der Waals surface area contributed by atoms with Crippen molar-refractivity contribution in [1.82, 2.24) is 0 Å². The molecular formula is C15H12ClNO3. The Morgan fingerprint density at radius 2 is 1.80 bits per heavy atom. The molecule has 0 fully saturated rings. The molecule has 0 saturated carbocycles. The number of halogens is 1. The molecule has 102 valence electrons. The number of nitrogens with two attached hydrogens (primary N) is 1. The van der Waals surface area contributed by atoms with E-state index >= 15 is 0 Å². The Labute approximate surface area is 121 Å². The predicted octanol–water partition coefficient (Wildman–Crippen LogP) is 3.00. The van der Waals surface area contributed by atoms with Crippen LogP contribution in [-0.2, 0) is 11.3 Å². The van der Waals surface area contributed by atoms with Gasteiger partial charge in [0.05, 0.1) is 11.1 Å². The van der Waals surface area contributed by atoms with E-state index in [1.54, 1.807) is 0 Å². The zero-order valence-corrected chi connectivity index (χ0v) is 11.3. The Morgan fingerprint density at radius 1 is 1.10 bits per heavy atom. The summed E-state index contributed by atoms with van der Waals surface area (Å²) in [6.45, 7) is 0.176. The van der Waals surface area contributed by atoms with Crippen LogP contribution in [0.1, 0.15) is 26.3 Å². The molecule has 0 heterocycles. The molecule has 2 aromatic rings. The third kappa shape index (κ3) is 3.36. The summed E-state index contributed by atoms with van der Waals surface area (Å²) in [7, 11) is 0. The van der Waals surface area contributed by atoms with Gasteiger partial charge < -0.3 is 10.5 Å². The molecule has 0 aliphatic carbocycles. The molecule has 2 aromatic carbocycles. The molecule has 0 aromatic heterocycles. The molecule has 2 N–H and O–H groups in total. The molecule has 0 saturated heterocycles. The fourth-order valence-electron chi connectivity index (χ4n) is 1.68. The minimum atomic E-state index is -0.660. The minimum absolute atomic E-state index is 0.152. The minimum Gasteiger partial charge on any atom is -0.457 e. The number of nitrogen functional groups attached to an aromatic ring is 1. The van der Waals surface area contributed by atoms with Crippen LogP contribution in [0, 0.1) is 0 Å².